The fraction of sp³-hybridized carbons (Fsp3) is 0.588. The van der Waals surface area contributed by atoms with E-state index in [-0.39, 0.29) is 29.8 Å². The summed E-state index contributed by atoms with van der Waals surface area (Å²) in [6.45, 7) is 6.11. The van der Waals surface area contributed by atoms with Crippen LogP contribution in [-0.4, -0.2) is 37.5 Å². The minimum absolute atomic E-state index is 0. The highest BCUT2D eigenvalue weighted by Crippen LogP contribution is 2.30. The van der Waals surface area contributed by atoms with Gasteiger partial charge in [0.05, 0.1) is 6.04 Å². The van der Waals surface area contributed by atoms with Gasteiger partial charge in [0.2, 0.25) is 5.91 Å². The van der Waals surface area contributed by atoms with Crippen molar-refractivity contribution in [1.82, 2.24) is 10.2 Å². The quantitative estimate of drug-likeness (QED) is 0.894. The van der Waals surface area contributed by atoms with Gasteiger partial charge in [-0.1, -0.05) is 26.0 Å². The molecule has 4 nitrogen and oxygen atoms in total. The summed E-state index contributed by atoms with van der Waals surface area (Å²) in [5.41, 5.74) is 2.08. The van der Waals surface area contributed by atoms with Crippen LogP contribution in [0, 0.1) is 5.41 Å². The third-order valence-corrected chi connectivity index (χ3v) is 4.08. The molecule has 1 fully saturated rings. The van der Waals surface area contributed by atoms with E-state index in [1.54, 1.807) is 0 Å². The van der Waals surface area contributed by atoms with Crippen molar-refractivity contribution < 1.29 is 4.79 Å². The fourth-order valence-electron chi connectivity index (χ4n) is 2.99. The molecule has 0 aliphatic carbocycles. The van der Waals surface area contributed by atoms with E-state index in [4.69, 9.17) is 0 Å². The minimum atomic E-state index is -0.122. The average Bonchev–Trinajstić information content (AvgIpc) is 2.37. The van der Waals surface area contributed by atoms with Gasteiger partial charge < -0.3 is 15.5 Å². The number of hydrogen-bond donors (Lipinski definition) is 2. The summed E-state index contributed by atoms with van der Waals surface area (Å²) in [6, 6.07) is 7.95. The Hall–Kier alpha value is -1.10. The molecular formula is C17H28ClN3O. The number of piperidine rings is 1. The molecule has 1 unspecified atom stereocenters. The Kier molecular flexibility index (Phi) is 6.85. The van der Waals surface area contributed by atoms with Gasteiger partial charge in [-0.2, -0.15) is 0 Å². The first-order chi connectivity index (χ1) is 9.88. The predicted octanol–water partition coefficient (Wildman–Crippen LogP) is 2.89. The second-order valence-corrected chi connectivity index (χ2v) is 6.91. The maximum atomic E-state index is 12.5. The predicted molar refractivity (Wildman–Crippen MR) is 94.5 cm³/mol. The number of carbonyl (C=O) groups excluding carboxylic acids is 1. The van der Waals surface area contributed by atoms with Gasteiger partial charge in [0.1, 0.15) is 0 Å². The number of benzene rings is 1. The number of hydrogen-bond acceptors (Lipinski definition) is 3. The molecule has 2 rings (SSSR count). The zero-order chi connectivity index (χ0) is 15.5. The van der Waals surface area contributed by atoms with E-state index >= 15 is 0 Å². The Balaban J connectivity index is 0.00000242. The molecule has 0 aromatic heterocycles. The maximum Gasteiger partial charge on any atom is 0.242 e. The van der Waals surface area contributed by atoms with Crippen molar-refractivity contribution in [1.29, 1.82) is 0 Å². The van der Waals surface area contributed by atoms with Crippen LogP contribution in [0.25, 0.3) is 0 Å². The molecular weight excluding hydrogens is 298 g/mol. The summed E-state index contributed by atoms with van der Waals surface area (Å²) < 4.78 is 0. The standard InChI is InChI=1S/C17H27N3O.ClH/c1-17(2)9-6-10-18-15(17)16(21)19-14-8-5-7-13(11-14)12-20(3)4;/h5,7-8,11,15,18H,6,9-10,12H2,1-4H3,(H,19,21);1H. The first-order valence-corrected chi connectivity index (χ1v) is 7.66. The average molecular weight is 326 g/mol. The molecule has 1 atom stereocenters. The van der Waals surface area contributed by atoms with Gasteiger partial charge in [-0.15, -0.1) is 12.4 Å². The Morgan fingerprint density at radius 2 is 2.14 bits per heavy atom. The van der Waals surface area contributed by atoms with Gasteiger partial charge in [0, 0.05) is 12.2 Å². The highest BCUT2D eigenvalue weighted by Gasteiger charge is 2.37. The van der Waals surface area contributed by atoms with Gasteiger partial charge in [-0.25, -0.2) is 0 Å². The van der Waals surface area contributed by atoms with E-state index in [9.17, 15) is 4.79 Å². The van der Waals surface area contributed by atoms with E-state index in [0.29, 0.717) is 0 Å². The summed E-state index contributed by atoms with van der Waals surface area (Å²) in [5.74, 6) is 0.0710. The minimum Gasteiger partial charge on any atom is -0.325 e. The molecule has 1 amide bonds. The molecule has 124 valence electrons. The second kappa shape index (κ2) is 7.95. The molecule has 0 radical (unpaired) electrons. The molecule has 0 spiro atoms. The van der Waals surface area contributed by atoms with E-state index in [1.807, 2.05) is 32.3 Å². The molecule has 1 aliphatic heterocycles. The van der Waals surface area contributed by atoms with Crippen LogP contribution < -0.4 is 10.6 Å². The van der Waals surface area contributed by atoms with E-state index in [1.165, 1.54) is 5.56 Å². The highest BCUT2D eigenvalue weighted by atomic mass is 35.5. The van der Waals surface area contributed by atoms with Crippen LogP contribution in [0.2, 0.25) is 0 Å². The van der Waals surface area contributed by atoms with Crippen molar-refractivity contribution in [2.24, 2.45) is 5.41 Å². The first-order valence-electron chi connectivity index (χ1n) is 7.66. The molecule has 1 heterocycles. The number of nitrogens with zero attached hydrogens (tertiary/aromatic N) is 1. The summed E-state index contributed by atoms with van der Waals surface area (Å²) in [5, 5.41) is 6.42. The highest BCUT2D eigenvalue weighted by molar-refractivity contribution is 5.95. The molecule has 1 aliphatic rings. The largest absolute Gasteiger partial charge is 0.325 e. The lowest BCUT2D eigenvalue weighted by Gasteiger charge is -2.38. The van der Waals surface area contributed by atoms with Crippen LogP contribution >= 0.6 is 12.4 Å². The summed E-state index contributed by atoms with van der Waals surface area (Å²) in [4.78, 5) is 14.7. The molecule has 5 heteroatoms. The zero-order valence-corrected chi connectivity index (χ0v) is 14.8. The lowest BCUT2D eigenvalue weighted by atomic mass is 9.77. The number of anilines is 1. The maximum absolute atomic E-state index is 12.5. The van der Waals surface area contributed by atoms with Gasteiger partial charge >= 0.3 is 0 Å². The van der Waals surface area contributed by atoms with Crippen molar-refractivity contribution in [2.75, 3.05) is 26.0 Å². The number of halogens is 1. The molecule has 0 bridgehead atoms. The molecule has 1 saturated heterocycles. The van der Waals surface area contributed by atoms with Crippen LogP contribution in [0.1, 0.15) is 32.3 Å². The lowest BCUT2D eigenvalue weighted by molar-refractivity contribution is -0.121. The fourth-order valence-corrected chi connectivity index (χ4v) is 2.99. The number of rotatable bonds is 4. The third kappa shape index (κ3) is 4.97. The van der Waals surface area contributed by atoms with E-state index < -0.39 is 0 Å². The van der Waals surface area contributed by atoms with Crippen molar-refractivity contribution in [3.8, 4) is 0 Å². The number of carbonyl (C=O) groups is 1. The molecule has 22 heavy (non-hydrogen) atoms. The van der Waals surface area contributed by atoms with Gasteiger partial charge in [-0.05, 0) is 56.6 Å². The summed E-state index contributed by atoms with van der Waals surface area (Å²) >= 11 is 0. The van der Waals surface area contributed by atoms with Crippen molar-refractivity contribution >= 4 is 24.0 Å². The first kappa shape index (κ1) is 18.9. The van der Waals surface area contributed by atoms with Crippen LogP contribution in [0.15, 0.2) is 24.3 Å². The third-order valence-electron chi connectivity index (χ3n) is 4.08. The second-order valence-electron chi connectivity index (χ2n) is 6.91. The molecule has 1 aromatic rings. The summed E-state index contributed by atoms with van der Waals surface area (Å²) in [6.07, 6.45) is 2.22. The van der Waals surface area contributed by atoms with Gasteiger partial charge in [0.25, 0.3) is 0 Å². The zero-order valence-electron chi connectivity index (χ0n) is 14.0. The topological polar surface area (TPSA) is 44.4 Å². The van der Waals surface area contributed by atoms with Crippen LogP contribution in [0.3, 0.4) is 0 Å². The smallest absolute Gasteiger partial charge is 0.242 e. The van der Waals surface area contributed by atoms with Gasteiger partial charge in [0.15, 0.2) is 0 Å². The SMILES string of the molecule is CN(C)Cc1cccc(NC(=O)C2NCCCC2(C)C)c1.Cl. The van der Waals surface area contributed by atoms with Crippen molar-refractivity contribution in [3.63, 3.8) is 0 Å². The van der Waals surface area contributed by atoms with Crippen molar-refractivity contribution in [3.05, 3.63) is 29.8 Å². The van der Waals surface area contributed by atoms with Crippen LogP contribution in [0.4, 0.5) is 5.69 Å². The Labute approximate surface area is 140 Å². The number of amides is 1. The lowest BCUT2D eigenvalue weighted by Crippen LogP contribution is -2.53. The van der Waals surface area contributed by atoms with Crippen LogP contribution in [0.5, 0.6) is 0 Å². The van der Waals surface area contributed by atoms with Gasteiger partial charge in [-0.3, -0.25) is 4.79 Å². The molecule has 2 N–H and O–H groups in total. The Morgan fingerprint density at radius 1 is 1.41 bits per heavy atom. The Bertz CT molecular complexity index is 502. The monoisotopic (exact) mass is 325 g/mol. The van der Waals surface area contributed by atoms with Crippen molar-refractivity contribution in [2.45, 2.75) is 39.3 Å². The van der Waals surface area contributed by atoms with E-state index in [2.05, 4.69) is 35.4 Å². The summed E-state index contributed by atoms with van der Waals surface area (Å²) in [7, 11) is 4.08. The molecule has 1 aromatic carbocycles. The number of nitrogens with one attached hydrogen (secondary N) is 2. The van der Waals surface area contributed by atoms with E-state index in [0.717, 1.165) is 31.6 Å². The Morgan fingerprint density at radius 3 is 2.77 bits per heavy atom. The normalized spacial score (nSPS) is 20.3. The molecule has 0 saturated carbocycles. The van der Waals surface area contributed by atoms with Crippen LogP contribution in [-0.2, 0) is 11.3 Å².